The van der Waals surface area contributed by atoms with E-state index in [0.29, 0.717) is 152 Å². The van der Waals surface area contributed by atoms with Crippen LogP contribution in [-0.4, -0.2) is 151 Å². The molecule has 46 heavy (non-hydrogen) atoms. The maximum absolute atomic E-state index is 11.2. The van der Waals surface area contributed by atoms with Gasteiger partial charge in [0.15, 0.2) is 0 Å². The summed E-state index contributed by atoms with van der Waals surface area (Å²) >= 11 is 0. The van der Waals surface area contributed by atoms with Crippen LogP contribution in [0.4, 0.5) is 0 Å². The first kappa shape index (κ1) is 42.3. The zero-order valence-corrected chi connectivity index (χ0v) is 27.9. The predicted molar refractivity (Wildman–Crippen MR) is 170 cm³/mol. The number of benzene rings is 1. The van der Waals surface area contributed by atoms with Gasteiger partial charge >= 0.3 is 5.97 Å². The van der Waals surface area contributed by atoms with E-state index in [0.717, 1.165) is 12.0 Å². The van der Waals surface area contributed by atoms with Gasteiger partial charge in [-0.2, -0.15) is 0 Å². The summed E-state index contributed by atoms with van der Waals surface area (Å²) in [7, 11) is 0. The smallest absolute Gasteiger partial charge is 0.305 e. The lowest BCUT2D eigenvalue weighted by Gasteiger charge is -2.09. The van der Waals surface area contributed by atoms with Crippen LogP contribution < -0.4 is 0 Å². The van der Waals surface area contributed by atoms with Crippen molar-refractivity contribution >= 4 is 5.97 Å². The van der Waals surface area contributed by atoms with Crippen molar-refractivity contribution in [1.29, 1.82) is 0 Å². The highest BCUT2D eigenvalue weighted by Gasteiger charge is 2.00. The third-order valence-corrected chi connectivity index (χ3v) is 5.78. The van der Waals surface area contributed by atoms with Crippen LogP contribution in [0.5, 0.6) is 0 Å². The first-order valence-electron chi connectivity index (χ1n) is 16.4. The van der Waals surface area contributed by atoms with Crippen molar-refractivity contribution in [3.8, 4) is 0 Å². The Bertz CT molecular complexity index is 742. The monoisotopic (exact) mass is 662 g/mol. The molecule has 13 heteroatoms. The number of rotatable bonds is 37. The maximum Gasteiger partial charge on any atom is 0.305 e. The number of hydrogen-bond acceptors (Lipinski definition) is 13. The van der Waals surface area contributed by atoms with Gasteiger partial charge in [-0.1, -0.05) is 37.3 Å². The van der Waals surface area contributed by atoms with E-state index < -0.39 is 0 Å². The Labute approximate surface area is 275 Å². The van der Waals surface area contributed by atoms with Crippen LogP contribution in [0.1, 0.15) is 25.3 Å². The molecule has 0 fully saturated rings. The molecule has 1 aromatic carbocycles. The first-order chi connectivity index (χ1) is 22.8. The summed E-state index contributed by atoms with van der Waals surface area (Å²) < 4.78 is 65.1. The van der Waals surface area contributed by atoms with Crippen LogP contribution in [0.3, 0.4) is 0 Å². The summed E-state index contributed by atoms with van der Waals surface area (Å²) in [6, 6.07) is 10.1. The van der Waals surface area contributed by atoms with Gasteiger partial charge in [0.25, 0.3) is 0 Å². The molecule has 0 saturated carbocycles. The summed E-state index contributed by atoms with van der Waals surface area (Å²) in [5.41, 5.74) is 1.16. The maximum atomic E-state index is 11.2. The molecule has 0 saturated heterocycles. The summed E-state index contributed by atoms with van der Waals surface area (Å²) in [4.78, 5) is 11.2. The molecular formula is C33H58O13. The zero-order valence-electron chi connectivity index (χ0n) is 27.9. The van der Waals surface area contributed by atoms with Gasteiger partial charge in [0, 0.05) is 6.42 Å². The average Bonchev–Trinajstić information content (AvgIpc) is 3.07. The molecule has 0 heterocycles. The van der Waals surface area contributed by atoms with Gasteiger partial charge in [-0.05, 0) is 12.0 Å². The Kier molecular flexibility index (Phi) is 33.2. The van der Waals surface area contributed by atoms with E-state index >= 15 is 0 Å². The SMILES string of the molecule is CCCC(=O)OCCOCCOCCOCCOCCOCCOCCOCCOCCOCCOCCOCc1ccccc1. The lowest BCUT2D eigenvalue weighted by atomic mass is 10.2. The van der Waals surface area contributed by atoms with Crippen LogP contribution in [0.15, 0.2) is 30.3 Å². The summed E-state index contributed by atoms with van der Waals surface area (Å²) in [5.74, 6) is -0.188. The minimum atomic E-state index is -0.188. The van der Waals surface area contributed by atoms with Crippen molar-refractivity contribution in [2.24, 2.45) is 0 Å². The minimum Gasteiger partial charge on any atom is -0.463 e. The molecule has 0 N–H and O–H groups in total. The van der Waals surface area contributed by atoms with E-state index in [-0.39, 0.29) is 12.6 Å². The Morgan fingerprint density at radius 3 is 1.00 bits per heavy atom. The zero-order chi connectivity index (χ0) is 32.9. The van der Waals surface area contributed by atoms with Gasteiger partial charge in [0.05, 0.1) is 145 Å². The lowest BCUT2D eigenvalue weighted by Crippen LogP contribution is -2.15. The summed E-state index contributed by atoms with van der Waals surface area (Å²) in [6.07, 6.45) is 1.23. The van der Waals surface area contributed by atoms with Gasteiger partial charge in [-0.25, -0.2) is 0 Å². The van der Waals surface area contributed by atoms with Gasteiger partial charge in [-0.15, -0.1) is 0 Å². The van der Waals surface area contributed by atoms with Crippen LogP contribution in [0.25, 0.3) is 0 Å². The van der Waals surface area contributed by atoms with Crippen molar-refractivity contribution in [3.63, 3.8) is 0 Å². The van der Waals surface area contributed by atoms with E-state index in [9.17, 15) is 4.79 Å². The highest BCUT2D eigenvalue weighted by Crippen LogP contribution is 2.00. The van der Waals surface area contributed by atoms with Gasteiger partial charge < -0.3 is 56.8 Å². The Hall–Kier alpha value is -1.75. The molecule has 0 aliphatic heterocycles. The Morgan fingerprint density at radius 2 is 0.696 bits per heavy atom. The van der Waals surface area contributed by atoms with E-state index in [4.69, 9.17) is 56.8 Å². The molecule has 1 aromatic rings. The second-order valence-corrected chi connectivity index (χ2v) is 9.63. The second kappa shape index (κ2) is 36.1. The predicted octanol–water partition coefficient (Wildman–Crippen LogP) is 2.71. The van der Waals surface area contributed by atoms with Crippen molar-refractivity contribution in [2.45, 2.75) is 26.4 Å². The van der Waals surface area contributed by atoms with E-state index in [1.54, 1.807) is 0 Å². The average molecular weight is 663 g/mol. The van der Waals surface area contributed by atoms with Gasteiger partial charge in [-0.3, -0.25) is 4.79 Å². The number of carbonyl (C=O) groups excluding carboxylic acids is 1. The van der Waals surface area contributed by atoms with E-state index in [1.807, 2.05) is 37.3 Å². The largest absolute Gasteiger partial charge is 0.463 e. The molecule has 13 nitrogen and oxygen atoms in total. The Morgan fingerprint density at radius 1 is 0.413 bits per heavy atom. The number of esters is 1. The third-order valence-electron chi connectivity index (χ3n) is 5.78. The number of hydrogen-bond donors (Lipinski definition) is 0. The van der Waals surface area contributed by atoms with Crippen LogP contribution >= 0.6 is 0 Å². The van der Waals surface area contributed by atoms with Crippen LogP contribution in [-0.2, 0) is 68.2 Å². The molecule has 0 aromatic heterocycles. The van der Waals surface area contributed by atoms with Crippen molar-refractivity contribution < 1.29 is 61.6 Å². The fourth-order valence-electron chi connectivity index (χ4n) is 3.45. The molecule has 0 bridgehead atoms. The molecule has 0 unspecified atom stereocenters. The molecule has 0 aliphatic carbocycles. The van der Waals surface area contributed by atoms with Crippen LogP contribution in [0.2, 0.25) is 0 Å². The third kappa shape index (κ3) is 32.2. The van der Waals surface area contributed by atoms with E-state index in [1.165, 1.54) is 0 Å². The second-order valence-electron chi connectivity index (χ2n) is 9.63. The molecule has 268 valence electrons. The number of ether oxygens (including phenoxy) is 12. The molecule has 0 aliphatic rings. The van der Waals surface area contributed by atoms with Gasteiger partial charge in [0.1, 0.15) is 6.61 Å². The molecular weight excluding hydrogens is 604 g/mol. The molecule has 0 amide bonds. The van der Waals surface area contributed by atoms with Crippen LogP contribution in [0, 0.1) is 0 Å². The van der Waals surface area contributed by atoms with Crippen molar-refractivity contribution in [1.82, 2.24) is 0 Å². The summed E-state index contributed by atoms with van der Waals surface area (Å²) in [6.45, 7) is 13.3. The summed E-state index contributed by atoms with van der Waals surface area (Å²) in [5, 5.41) is 0. The standard InChI is InChI=1S/C33H58O13/c1-2-6-33(34)46-30-29-44-26-25-42-22-21-40-18-17-38-14-13-36-10-9-35-11-12-37-15-16-39-19-20-41-23-24-43-27-28-45-31-32-7-4-3-5-8-32/h3-5,7-8H,2,6,9-31H2,1H3. The lowest BCUT2D eigenvalue weighted by molar-refractivity contribution is -0.145. The molecule has 0 radical (unpaired) electrons. The minimum absolute atomic E-state index is 0.188. The Balaban J connectivity index is 1.62. The van der Waals surface area contributed by atoms with Crippen molar-refractivity contribution in [3.05, 3.63) is 35.9 Å². The quantitative estimate of drug-likeness (QED) is 0.0766. The van der Waals surface area contributed by atoms with Crippen molar-refractivity contribution in [2.75, 3.05) is 145 Å². The first-order valence-corrected chi connectivity index (χ1v) is 16.4. The highest BCUT2D eigenvalue weighted by molar-refractivity contribution is 5.69. The molecule has 1 rings (SSSR count). The normalized spacial score (nSPS) is 11.3. The number of carbonyl (C=O) groups is 1. The molecule has 0 spiro atoms. The van der Waals surface area contributed by atoms with E-state index in [2.05, 4.69) is 0 Å². The van der Waals surface area contributed by atoms with Gasteiger partial charge in [0.2, 0.25) is 0 Å². The topological polar surface area (TPSA) is 128 Å². The fraction of sp³-hybridized carbons (Fsp3) is 0.788. The fourth-order valence-corrected chi connectivity index (χ4v) is 3.45. The highest BCUT2D eigenvalue weighted by atomic mass is 16.6. The molecule has 0 atom stereocenters.